The summed E-state index contributed by atoms with van der Waals surface area (Å²) < 4.78 is 0. The molecule has 1 aromatic rings. The molecule has 2 rings (SSSR count). The Morgan fingerprint density at radius 1 is 1.22 bits per heavy atom. The first-order valence-electron chi connectivity index (χ1n) is 7.25. The van der Waals surface area contributed by atoms with E-state index in [1.807, 2.05) is 6.92 Å². The van der Waals surface area contributed by atoms with Crippen LogP contribution in [0.15, 0.2) is 6.07 Å². The van der Waals surface area contributed by atoms with Crippen LogP contribution in [0, 0.1) is 6.92 Å². The number of aromatic nitrogens is 2. The fourth-order valence-electron chi connectivity index (χ4n) is 2.81. The van der Waals surface area contributed by atoms with Crippen LogP contribution in [0.2, 0.25) is 0 Å². The van der Waals surface area contributed by atoms with Crippen molar-refractivity contribution < 1.29 is 0 Å². The maximum Gasteiger partial charge on any atom is 0.131 e. The lowest BCUT2D eigenvalue weighted by molar-refractivity contribution is 0.553. The van der Waals surface area contributed by atoms with Crippen molar-refractivity contribution in [1.29, 1.82) is 0 Å². The topological polar surface area (TPSA) is 51.8 Å². The Balaban J connectivity index is 2.17. The van der Waals surface area contributed by atoms with Crippen LogP contribution in [0.5, 0.6) is 0 Å². The Morgan fingerprint density at radius 2 is 1.89 bits per heavy atom. The van der Waals surface area contributed by atoms with Crippen LogP contribution >= 0.6 is 0 Å². The summed E-state index contributed by atoms with van der Waals surface area (Å²) in [6, 6.07) is 2.24. The summed E-state index contributed by atoms with van der Waals surface area (Å²) in [5, 5.41) is 0. The molecule has 1 heterocycles. The molecule has 1 aliphatic carbocycles. The van der Waals surface area contributed by atoms with Gasteiger partial charge in [0.15, 0.2) is 0 Å². The Hall–Kier alpha value is -0.960. The van der Waals surface area contributed by atoms with E-state index in [1.165, 1.54) is 38.5 Å². The van der Waals surface area contributed by atoms with Gasteiger partial charge in [-0.25, -0.2) is 9.97 Å². The van der Waals surface area contributed by atoms with Crippen molar-refractivity contribution in [2.45, 2.75) is 70.8 Å². The molecule has 0 saturated heterocycles. The highest BCUT2D eigenvalue weighted by Crippen LogP contribution is 2.29. The number of hydrogen-bond acceptors (Lipinski definition) is 3. The van der Waals surface area contributed by atoms with Gasteiger partial charge in [-0.1, -0.05) is 25.7 Å². The minimum Gasteiger partial charge on any atom is -0.328 e. The minimum atomic E-state index is 0.168. The van der Waals surface area contributed by atoms with Crippen molar-refractivity contribution in [3.63, 3.8) is 0 Å². The van der Waals surface area contributed by atoms with Gasteiger partial charge in [0.25, 0.3) is 0 Å². The van der Waals surface area contributed by atoms with Crippen molar-refractivity contribution in [1.82, 2.24) is 9.97 Å². The fraction of sp³-hybridized carbons (Fsp3) is 0.733. The number of hydrogen-bond donors (Lipinski definition) is 1. The van der Waals surface area contributed by atoms with Crippen LogP contribution in [-0.4, -0.2) is 16.0 Å². The highest BCUT2D eigenvalue weighted by atomic mass is 14.9. The van der Waals surface area contributed by atoms with Crippen molar-refractivity contribution >= 4 is 0 Å². The van der Waals surface area contributed by atoms with Crippen molar-refractivity contribution in [2.24, 2.45) is 5.73 Å². The first-order chi connectivity index (χ1) is 8.65. The summed E-state index contributed by atoms with van der Waals surface area (Å²) in [5.41, 5.74) is 8.06. The van der Waals surface area contributed by atoms with Gasteiger partial charge < -0.3 is 5.73 Å². The third kappa shape index (κ3) is 3.77. The molecule has 0 spiro atoms. The summed E-state index contributed by atoms with van der Waals surface area (Å²) in [4.78, 5) is 9.40. The third-order valence-corrected chi connectivity index (χ3v) is 3.68. The first-order valence-corrected chi connectivity index (χ1v) is 7.25. The number of aryl methyl sites for hydroxylation is 1. The lowest BCUT2D eigenvalue weighted by Gasteiger charge is -2.15. The van der Waals surface area contributed by atoms with E-state index in [9.17, 15) is 0 Å². The molecule has 3 nitrogen and oxygen atoms in total. The molecule has 2 N–H and O–H groups in total. The highest BCUT2D eigenvalue weighted by molar-refractivity contribution is 5.13. The van der Waals surface area contributed by atoms with Crippen LogP contribution < -0.4 is 5.73 Å². The van der Waals surface area contributed by atoms with Crippen molar-refractivity contribution in [3.8, 4) is 0 Å². The normalized spacial score (nSPS) is 19.5. The largest absolute Gasteiger partial charge is 0.328 e. The van der Waals surface area contributed by atoms with Gasteiger partial charge in [-0.2, -0.15) is 0 Å². The zero-order valence-electron chi connectivity index (χ0n) is 11.7. The van der Waals surface area contributed by atoms with E-state index in [1.54, 1.807) is 0 Å². The standard InChI is InChI=1S/C15H25N3/c1-11(16)9-14-10-12(2)17-15(18-14)13-7-5-3-4-6-8-13/h10-11,13H,3-9,16H2,1-2H3. The SMILES string of the molecule is Cc1cc(CC(C)N)nc(C2CCCCCC2)n1. The van der Waals surface area contributed by atoms with Gasteiger partial charge in [0.1, 0.15) is 5.82 Å². The molecule has 1 atom stereocenters. The lowest BCUT2D eigenvalue weighted by Crippen LogP contribution is -2.19. The molecule has 1 saturated carbocycles. The Bertz CT molecular complexity index is 379. The molecule has 3 heteroatoms. The maximum atomic E-state index is 5.87. The minimum absolute atomic E-state index is 0.168. The molecule has 0 bridgehead atoms. The number of nitrogens with two attached hydrogens (primary N) is 1. The van der Waals surface area contributed by atoms with Gasteiger partial charge >= 0.3 is 0 Å². The smallest absolute Gasteiger partial charge is 0.131 e. The predicted octanol–water partition coefficient (Wildman–Crippen LogP) is 3.11. The highest BCUT2D eigenvalue weighted by Gasteiger charge is 2.18. The van der Waals surface area contributed by atoms with Gasteiger partial charge in [0.2, 0.25) is 0 Å². The molecular formula is C15H25N3. The zero-order valence-corrected chi connectivity index (χ0v) is 11.7. The molecule has 0 aromatic carbocycles. The van der Waals surface area contributed by atoms with Gasteiger partial charge in [0, 0.05) is 29.8 Å². The Morgan fingerprint density at radius 3 is 2.50 bits per heavy atom. The van der Waals surface area contributed by atoms with Crippen LogP contribution in [0.25, 0.3) is 0 Å². The van der Waals surface area contributed by atoms with Gasteiger partial charge in [-0.05, 0) is 32.8 Å². The van der Waals surface area contributed by atoms with E-state index in [0.717, 1.165) is 23.6 Å². The average Bonchev–Trinajstić information content (AvgIpc) is 2.55. The molecule has 1 aliphatic rings. The van der Waals surface area contributed by atoms with E-state index >= 15 is 0 Å². The van der Waals surface area contributed by atoms with E-state index in [4.69, 9.17) is 10.7 Å². The molecule has 1 aromatic heterocycles. The Labute approximate surface area is 110 Å². The van der Waals surface area contributed by atoms with Crippen LogP contribution in [-0.2, 0) is 6.42 Å². The predicted molar refractivity (Wildman–Crippen MR) is 74.6 cm³/mol. The Kier molecular flexibility index (Phi) is 4.70. The van der Waals surface area contributed by atoms with Crippen molar-refractivity contribution in [3.05, 3.63) is 23.3 Å². The van der Waals surface area contributed by atoms with Crippen molar-refractivity contribution in [2.75, 3.05) is 0 Å². The fourth-order valence-corrected chi connectivity index (χ4v) is 2.81. The summed E-state index contributed by atoms with van der Waals surface area (Å²) in [7, 11) is 0. The quantitative estimate of drug-likeness (QED) is 0.835. The summed E-state index contributed by atoms with van der Waals surface area (Å²) in [5.74, 6) is 1.63. The monoisotopic (exact) mass is 247 g/mol. The lowest BCUT2D eigenvalue weighted by atomic mass is 9.99. The second-order valence-corrected chi connectivity index (χ2v) is 5.73. The first kappa shape index (κ1) is 13.5. The van der Waals surface area contributed by atoms with Crippen LogP contribution in [0.3, 0.4) is 0 Å². The average molecular weight is 247 g/mol. The van der Waals surface area contributed by atoms with Gasteiger partial charge in [-0.15, -0.1) is 0 Å². The molecule has 0 aliphatic heterocycles. The third-order valence-electron chi connectivity index (χ3n) is 3.68. The zero-order chi connectivity index (χ0) is 13.0. The molecule has 1 fully saturated rings. The van der Waals surface area contributed by atoms with E-state index < -0.39 is 0 Å². The summed E-state index contributed by atoms with van der Waals surface area (Å²) >= 11 is 0. The van der Waals surface area contributed by atoms with Gasteiger partial charge in [0.05, 0.1) is 0 Å². The van der Waals surface area contributed by atoms with E-state index in [2.05, 4.69) is 18.0 Å². The van der Waals surface area contributed by atoms with Crippen LogP contribution in [0.4, 0.5) is 0 Å². The number of nitrogens with zero attached hydrogens (tertiary/aromatic N) is 2. The molecule has 0 radical (unpaired) electrons. The van der Waals surface area contributed by atoms with Gasteiger partial charge in [-0.3, -0.25) is 0 Å². The number of rotatable bonds is 3. The molecule has 1 unspecified atom stereocenters. The second kappa shape index (κ2) is 6.28. The molecule has 0 amide bonds. The van der Waals surface area contributed by atoms with E-state index in [-0.39, 0.29) is 6.04 Å². The second-order valence-electron chi connectivity index (χ2n) is 5.73. The van der Waals surface area contributed by atoms with E-state index in [0.29, 0.717) is 5.92 Å². The van der Waals surface area contributed by atoms with Crippen LogP contribution in [0.1, 0.15) is 68.6 Å². The molecule has 18 heavy (non-hydrogen) atoms. The molecular weight excluding hydrogens is 222 g/mol. The molecule has 100 valence electrons. The summed E-state index contributed by atoms with van der Waals surface area (Å²) in [6.45, 7) is 4.09. The summed E-state index contributed by atoms with van der Waals surface area (Å²) in [6.07, 6.45) is 8.74. The maximum absolute atomic E-state index is 5.87.